The van der Waals surface area contributed by atoms with Gasteiger partial charge in [-0.25, -0.2) is 0 Å². The lowest BCUT2D eigenvalue weighted by atomic mass is 9.69. The monoisotopic (exact) mass is 294 g/mol. The first kappa shape index (κ1) is 15.8. The van der Waals surface area contributed by atoms with E-state index in [4.69, 9.17) is 11.6 Å². The maximum atomic E-state index is 6.46. The van der Waals surface area contributed by atoms with E-state index >= 15 is 0 Å². The molecule has 0 spiro atoms. The zero-order valence-electron chi connectivity index (χ0n) is 13.1. The molecule has 0 saturated heterocycles. The lowest BCUT2D eigenvalue weighted by molar-refractivity contribution is 0.0393. The minimum Gasteiger partial charge on any atom is -0.311 e. The van der Waals surface area contributed by atoms with E-state index in [1.165, 1.54) is 31.2 Å². The van der Waals surface area contributed by atoms with E-state index < -0.39 is 0 Å². The second kappa shape index (κ2) is 6.46. The molecule has 0 aliphatic heterocycles. The first-order valence-electron chi connectivity index (χ1n) is 7.60. The molecule has 1 aromatic rings. The van der Waals surface area contributed by atoms with Crippen molar-refractivity contribution in [3.8, 4) is 0 Å². The van der Waals surface area contributed by atoms with Crippen LogP contribution in [0.3, 0.4) is 0 Å². The molecule has 3 heteroatoms. The molecule has 0 bridgehead atoms. The minimum absolute atomic E-state index is 0.150. The van der Waals surface area contributed by atoms with Crippen LogP contribution < -0.4 is 5.32 Å². The summed E-state index contributed by atoms with van der Waals surface area (Å²) >= 11 is 6.46. The average Bonchev–Trinajstić information content (AvgIpc) is 2.41. The molecule has 1 aliphatic rings. The Morgan fingerprint density at radius 3 is 2.60 bits per heavy atom. The molecule has 3 unspecified atom stereocenters. The van der Waals surface area contributed by atoms with Crippen molar-refractivity contribution in [1.82, 2.24) is 10.2 Å². The van der Waals surface area contributed by atoms with Gasteiger partial charge in [0.25, 0.3) is 0 Å². The Labute approximate surface area is 128 Å². The first-order valence-corrected chi connectivity index (χ1v) is 7.98. The molecular formula is C17H27ClN2. The van der Waals surface area contributed by atoms with Gasteiger partial charge in [-0.2, -0.15) is 0 Å². The highest BCUT2D eigenvalue weighted by atomic mass is 35.5. The molecule has 2 rings (SSSR count). The average molecular weight is 295 g/mol. The SMILES string of the molecule is CNC(c1ccccc1Cl)C1(N(C)C)CCCC(C)C1. The van der Waals surface area contributed by atoms with Crippen molar-refractivity contribution >= 4 is 11.6 Å². The van der Waals surface area contributed by atoms with Crippen molar-refractivity contribution < 1.29 is 0 Å². The summed E-state index contributed by atoms with van der Waals surface area (Å²) in [6, 6.07) is 8.52. The fourth-order valence-corrected chi connectivity index (χ4v) is 4.16. The quantitative estimate of drug-likeness (QED) is 0.899. The molecule has 3 atom stereocenters. The van der Waals surface area contributed by atoms with E-state index in [1.807, 2.05) is 12.1 Å². The van der Waals surface area contributed by atoms with Crippen molar-refractivity contribution in [1.29, 1.82) is 0 Å². The third kappa shape index (κ3) is 2.88. The minimum atomic E-state index is 0.150. The van der Waals surface area contributed by atoms with Crippen LogP contribution in [0, 0.1) is 5.92 Å². The van der Waals surface area contributed by atoms with Crippen LogP contribution >= 0.6 is 11.6 Å². The summed E-state index contributed by atoms with van der Waals surface area (Å²) in [6.07, 6.45) is 5.08. The molecule has 0 aromatic heterocycles. The molecular weight excluding hydrogens is 268 g/mol. The zero-order chi connectivity index (χ0) is 14.8. The van der Waals surface area contributed by atoms with E-state index in [2.05, 4.69) is 50.4 Å². The number of benzene rings is 1. The van der Waals surface area contributed by atoms with Gasteiger partial charge in [0.1, 0.15) is 0 Å². The van der Waals surface area contributed by atoms with Gasteiger partial charge in [-0.05, 0) is 51.5 Å². The number of nitrogens with zero attached hydrogens (tertiary/aromatic N) is 1. The Morgan fingerprint density at radius 2 is 2.05 bits per heavy atom. The van der Waals surface area contributed by atoms with Gasteiger partial charge in [-0.15, -0.1) is 0 Å². The van der Waals surface area contributed by atoms with Gasteiger partial charge < -0.3 is 10.2 Å². The normalized spacial score (nSPS) is 28.6. The fraction of sp³-hybridized carbons (Fsp3) is 0.647. The number of halogens is 1. The number of hydrogen-bond acceptors (Lipinski definition) is 2. The van der Waals surface area contributed by atoms with Gasteiger partial charge in [-0.3, -0.25) is 0 Å². The summed E-state index contributed by atoms with van der Waals surface area (Å²) in [6.45, 7) is 2.37. The fourth-order valence-electron chi connectivity index (χ4n) is 3.91. The van der Waals surface area contributed by atoms with Crippen LogP contribution in [-0.4, -0.2) is 31.6 Å². The van der Waals surface area contributed by atoms with Gasteiger partial charge in [0, 0.05) is 10.6 Å². The van der Waals surface area contributed by atoms with Gasteiger partial charge in [-0.1, -0.05) is 49.6 Å². The number of rotatable bonds is 4. The Hall–Kier alpha value is -0.570. The van der Waals surface area contributed by atoms with E-state index in [0.717, 1.165) is 10.9 Å². The maximum absolute atomic E-state index is 6.46. The van der Waals surface area contributed by atoms with Crippen LogP contribution in [0.25, 0.3) is 0 Å². The van der Waals surface area contributed by atoms with Crippen molar-refractivity contribution in [2.45, 2.75) is 44.2 Å². The zero-order valence-corrected chi connectivity index (χ0v) is 13.9. The first-order chi connectivity index (χ1) is 9.51. The smallest absolute Gasteiger partial charge is 0.0519 e. The van der Waals surface area contributed by atoms with E-state index in [0.29, 0.717) is 0 Å². The largest absolute Gasteiger partial charge is 0.311 e. The molecule has 2 nitrogen and oxygen atoms in total. The summed E-state index contributed by atoms with van der Waals surface area (Å²) in [5, 5.41) is 4.41. The highest BCUT2D eigenvalue weighted by Gasteiger charge is 2.44. The van der Waals surface area contributed by atoms with E-state index in [-0.39, 0.29) is 11.6 Å². The van der Waals surface area contributed by atoms with Gasteiger partial charge in [0.2, 0.25) is 0 Å². The number of nitrogens with one attached hydrogen (secondary N) is 1. The molecule has 1 aromatic carbocycles. The summed E-state index contributed by atoms with van der Waals surface area (Å²) in [5.74, 6) is 0.768. The van der Waals surface area contributed by atoms with Crippen molar-refractivity contribution in [2.24, 2.45) is 5.92 Å². The molecule has 1 saturated carbocycles. The van der Waals surface area contributed by atoms with Crippen molar-refractivity contribution in [3.63, 3.8) is 0 Å². The van der Waals surface area contributed by atoms with Crippen LogP contribution in [0.1, 0.15) is 44.2 Å². The Kier molecular flexibility index (Phi) is 5.11. The number of hydrogen-bond donors (Lipinski definition) is 1. The molecule has 112 valence electrons. The molecule has 1 aliphatic carbocycles. The van der Waals surface area contributed by atoms with Crippen molar-refractivity contribution in [3.05, 3.63) is 34.9 Å². The Balaban J connectivity index is 2.43. The van der Waals surface area contributed by atoms with E-state index in [1.54, 1.807) is 0 Å². The van der Waals surface area contributed by atoms with Crippen LogP contribution in [0.5, 0.6) is 0 Å². The highest BCUT2D eigenvalue weighted by Crippen LogP contribution is 2.45. The Bertz CT molecular complexity index is 446. The summed E-state index contributed by atoms with van der Waals surface area (Å²) in [4.78, 5) is 2.41. The predicted molar refractivity (Wildman–Crippen MR) is 87.3 cm³/mol. The lowest BCUT2D eigenvalue weighted by Gasteiger charge is -2.50. The Morgan fingerprint density at radius 1 is 1.35 bits per heavy atom. The molecule has 0 radical (unpaired) electrons. The van der Waals surface area contributed by atoms with Crippen molar-refractivity contribution in [2.75, 3.05) is 21.1 Å². The third-order valence-electron chi connectivity index (χ3n) is 4.94. The van der Waals surface area contributed by atoms with Crippen LogP contribution in [0.2, 0.25) is 5.02 Å². The standard InChI is InChI=1S/C17H27ClN2/c1-13-8-7-11-17(12-13,20(3)4)16(19-2)14-9-5-6-10-15(14)18/h5-6,9-10,13,16,19H,7-8,11-12H2,1-4H3. The second-order valence-electron chi connectivity index (χ2n) is 6.44. The molecule has 0 amide bonds. The maximum Gasteiger partial charge on any atom is 0.0519 e. The molecule has 1 N–H and O–H groups in total. The third-order valence-corrected chi connectivity index (χ3v) is 5.29. The molecule has 20 heavy (non-hydrogen) atoms. The lowest BCUT2D eigenvalue weighted by Crippen LogP contribution is -2.55. The van der Waals surface area contributed by atoms with Crippen LogP contribution in [0.4, 0.5) is 0 Å². The molecule has 0 heterocycles. The second-order valence-corrected chi connectivity index (χ2v) is 6.85. The van der Waals surface area contributed by atoms with E-state index in [9.17, 15) is 0 Å². The van der Waals surface area contributed by atoms with Gasteiger partial charge in [0.05, 0.1) is 6.04 Å². The summed E-state index contributed by atoms with van der Waals surface area (Å²) in [5.41, 5.74) is 1.37. The summed E-state index contributed by atoms with van der Waals surface area (Å²) in [7, 11) is 6.47. The predicted octanol–water partition coefficient (Wildman–Crippen LogP) is 4.11. The number of likely N-dealkylation sites (N-methyl/N-ethyl adjacent to an activating group) is 2. The summed E-state index contributed by atoms with van der Waals surface area (Å²) < 4.78 is 0. The molecule has 1 fully saturated rings. The van der Waals surface area contributed by atoms with Gasteiger partial charge in [0.15, 0.2) is 0 Å². The van der Waals surface area contributed by atoms with Crippen LogP contribution in [0.15, 0.2) is 24.3 Å². The highest BCUT2D eigenvalue weighted by molar-refractivity contribution is 6.31. The topological polar surface area (TPSA) is 15.3 Å². The van der Waals surface area contributed by atoms with Gasteiger partial charge >= 0.3 is 0 Å². The van der Waals surface area contributed by atoms with Crippen LogP contribution in [-0.2, 0) is 0 Å².